The number of rotatable bonds is 4. The van der Waals surface area contributed by atoms with Gasteiger partial charge >= 0.3 is 5.97 Å². The zero-order valence-electron chi connectivity index (χ0n) is 13.1. The smallest absolute Gasteiger partial charge is 0.338 e. The molecule has 25 heavy (non-hydrogen) atoms. The van der Waals surface area contributed by atoms with Crippen LogP contribution >= 0.6 is 0 Å². The molecule has 2 aromatic heterocycles. The number of hydrogen-bond donors (Lipinski definition) is 1. The predicted molar refractivity (Wildman–Crippen MR) is 86.3 cm³/mol. The number of anilines is 1. The van der Waals surface area contributed by atoms with Crippen LogP contribution in [0.5, 0.6) is 0 Å². The fourth-order valence-corrected chi connectivity index (χ4v) is 2.56. The normalized spacial score (nSPS) is 20.0. The summed E-state index contributed by atoms with van der Waals surface area (Å²) in [4.78, 5) is 24.2. The van der Waals surface area contributed by atoms with Crippen molar-refractivity contribution in [1.82, 2.24) is 19.5 Å². The van der Waals surface area contributed by atoms with Gasteiger partial charge in [-0.1, -0.05) is 18.2 Å². The summed E-state index contributed by atoms with van der Waals surface area (Å²) in [6.45, 7) is 0.275. The molecular formula is C16H15N5O4. The van der Waals surface area contributed by atoms with Gasteiger partial charge < -0.3 is 19.9 Å². The Hall–Kier alpha value is -3.04. The quantitative estimate of drug-likeness (QED) is 0.703. The topological polar surface area (TPSA) is 114 Å². The Morgan fingerprint density at radius 1 is 1.28 bits per heavy atom. The Labute approximate surface area is 142 Å². The first-order chi connectivity index (χ1) is 12.2. The number of nitrogens with zero attached hydrogens (tertiary/aromatic N) is 4. The van der Waals surface area contributed by atoms with E-state index < -0.39 is 18.5 Å². The monoisotopic (exact) mass is 341 g/mol. The fraction of sp³-hybridized carbons (Fsp3) is 0.250. The van der Waals surface area contributed by atoms with Gasteiger partial charge in [0, 0.05) is 0 Å². The summed E-state index contributed by atoms with van der Waals surface area (Å²) in [5.74, 6) is -0.124. The Balaban J connectivity index is 1.40. The first-order valence-electron chi connectivity index (χ1n) is 7.64. The third-order valence-electron chi connectivity index (χ3n) is 3.79. The van der Waals surface area contributed by atoms with Crippen molar-refractivity contribution in [1.29, 1.82) is 0 Å². The van der Waals surface area contributed by atoms with Gasteiger partial charge in [-0.2, -0.15) is 0 Å². The number of esters is 1. The maximum absolute atomic E-state index is 11.9. The average molecular weight is 341 g/mol. The van der Waals surface area contributed by atoms with Gasteiger partial charge in [-0.15, -0.1) is 0 Å². The van der Waals surface area contributed by atoms with Crippen LogP contribution in [0.2, 0.25) is 0 Å². The molecule has 1 aliphatic heterocycles. The molecule has 1 aromatic carbocycles. The summed E-state index contributed by atoms with van der Waals surface area (Å²) in [5, 5.41) is 0. The van der Waals surface area contributed by atoms with Gasteiger partial charge in [0.15, 0.2) is 24.0 Å². The highest BCUT2D eigenvalue weighted by Crippen LogP contribution is 2.25. The molecule has 0 unspecified atom stereocenters. The number of nitrogen functional groups attached to an aromatic ring is 1. The molecule has 1 fully saturated rings. The van der Waals surface area contributed by atoms with E-state index in [1.165, 1.54) is 6.33 Å². The van der Waals surface area contributed by atoms with Crippen molar-refractivity contribution in [3.63, 3.8) is 0 Å². The molecule has 9 nitrogen and oxygen atoms in total. The summed E-state index contributed by atoms with van der Waals surface area (Å²) in [6, 6.07) is 8.74. The van der Waals surface area contributed by atoms with Crippen molar-refractivity contribution < 1.29 is 19.0 Å². The van der Waals surface area contributed by atoms with E-state index in [0.717, 1.165) is 0 Å². The third kappa shape index (κ3) is 3.02. The molecule has 0 amide bonds. The average Bonchev–Trinajstić information content (AvgIpc) is 3.27. The van der Waals surface area contributed by atoms with Gasteiger partial charge in [-0.25, -0.2) is 19.7 Å². The lowest BCUT2D eigenvalue weighted by Gasteiger charge is -2.13. The highest BCUT2D eigenvalue weighted by molar-refractivity contribution is 5.89. The van der Waals surface area contributed by atoms with E-state index in [4.69, 9.17) is 19.9 Å². The molecular weight excluding hydrogens is 326 g/mol. The molecule has 4 rings (SSSR count). The second-order valence-corrected chi connectivity index (χ2v) is 5.40. The Morgan fingerprint density at radius 3 is 2.96 bits per heavy atom. The highest BCUT2D eigenvalue weighted by Gasteiger charge is 2.30. The second-order valence-electron chi connectivity index (χ2n) is 5.40. The number of imidazole rings is 1. The number of aromatic nitrogens is 4. The zero-order chi connectivity index (χ0) is 17.2. The number of carbonyl (C=O) groups is 1. The van der Waals surface area contributed by atoms with E-state index in [1.807, 2.05) is 6.07 Å². The molecule has 2 N–H and O–H groups in total. The number of nitrogens with two attached hydrogens (primary N) is 1. The van der Waals surface area contributed by atoms with E-state index in [-0.39, 0.29) is 13.2 Å². The number of benzene rings is 1. The lowest BCUT2D eigenvalue weighted by atomic mass is 10.2. The van der Waals surface area contributed by atoms with Crippen LogP contribution < -0.4 is 5.73 Å². The van der Waals surface area contributed by atoms with E-state index in [2.05, 4.69) is 15.0 Å². The number of fused-ring (bicyclic) bond motifs is 1. The van der Waals surface area contributed by atoms with E-state index >= 15 is 0 Å². The van der Waals surface area contributed by atoms with Crippen LogP contribution in [0, 0.1) is 0 Å². The predicted octanol–water partition coefficient (Wildman–Crippen LogP) is 1.14. The van der Waals surface area contributed by atoms with Crippen LogP contribution in [0.1, 0.15) is 16.6 Å². The molecule has 1 aliphatic rings. The fourth-order valence-electron chi connectivity index (χ4n) is 2.56. The molecule has 1 saturated heterocycles. The standard InChI is InChI=1S/C16H15N5O4/c17-14-13-15(19-8-18-14)21(9-20-13)11-6-23-12(25-11)7-24-16(22)10-4-2-1-3-5-10/h1-5,8-9,11-12H,6-7H2,(H2,17,18,19)/t11-,12+/m0/s1. The summed E-state index contributed by atoms with van der Waals surface area (Å²) >= 11 is 0. The largest absolute Gasteiger partial charge is 0.457 e. The minimum atomic E-state index is -0.658. The van der Waals surface area contributed by atoms with Crippen LogP contribution in [0.15, 0.2) is 43.0 Å². The van der Waals surface area contributed by atoms with Gasteiger partial charge in [0.1, 0.15) is 18.5 Å². The third-order valence-corrected chi connectivity index (χ3v) is 3.79. The molecule has 3 aromatic rings. The zero-order valence-corrected chi connectivity index (χ0v) is 13.1. The Kier molecular flexibility index (Phi) is 4.00. The van der Waals surface area contributed by atoms with Crippen molar-refractivity contribution in [2.75, 3.05) is 18.9 Å². The van der Waals surface area contributed by atoms with Crippen LogP contribution in [0.4, 0.5) is 5.82 Å². The van der Waals surface area contributed by atoms with Crippen LogP contribution in [-0.4, -0.2) is 45.0 Å². The van der Waals surface area contributed by atoms with E-state index in [0.29, 0.717) is 22.5 Å². The molecule has 3 heterocycles. The molecule has 128 valence electrons. The summed E-state index contributed by atoms with van der Waals surface area (Å²) in [7, 11) is 0. The molecule has 0 aliphatic carbocycles. The van der Waals surface area contributed by atoms with Crippen LogP contribution in [0.25, 0.3) is 11.2 Å². The maximum atomic E-state index is 11.9. The molecule has 9 heteroatoms. The summed E-state index contributed by atoms with van der Waals surface area (Å²) in [6.07, 6.45) is 1.85. The first-order valence-corrected chi connectivity index (χ1v) is 7.64. The van der Waals surface area contributed by atoms with Gasteiger partial charge in [0.2, 0.25) is 0 Å². The van der Waals surface area contributed by atoms with Crippen molar-refractivity contribution in [2.45, 2.75) is 12.5 Å². The van der Waals surface area contributed by atoms with Crippen molar-refractivity contribution >= 4 is 23.0 Å². The van der Waals surface area contributed by atoms with E-state index in [9.17, 15) is 4.79 Å². The van der Waals surface area contributed by atoms with E-state index in [1.54, 1.807) is 35.2 Å². The van der Waals surface area contributed by atoms with Gasteiger partial charge in [-0.3, -0.25) is 4.57 Å². The lowest BCUT2D eigenvalue weighted by Crippen LogP contribution is -2.20. The lowest BCUT2D eigenvalue weighted by molar-refractivity contribution is -0.102. The van der Waals surface area contributed by atoms with Gasteiger partial charge in [0.05, 0.1) is 18.5 Å². The van der Waals surface area contributed by atoms with Crippen molar-refractivity contribution in [2.24, 2.45) is 0 Å². The number of hydrogen-bond acceptors (Lipinski definition) is 8. The molecule has 0 radical (unpaired) electrons. The molecule has 0 saturated carbocycles. The Bertz CT molecular complexity index is 898. The molecule has 2 atom stereocenters. The number of carbonyl (C=O) groups excluding carboxylic acids is 1. The van der Waals surface area contributed by atoms with Gasteiger partial charge in [0.25, 0.3) is 0 Å². The summed E-state index contributed by atoms with van der Waals surface area (Å²) in [5.41, 5.74) is 7.32. The van der Waals surface area contributed by atoms with Crippen molar-refractivity contribution in [3.05, 3.63) is 48.5 Å². The summed E-state index contributed by atoms with van der Waals surface area (Å²) < 4.78 is 18.2. The molecule has 0 spiro atoms. The molecule has 0 bridgehead atoms. The van der Waals surface area contributed by atoms with Crippen LogP contribution in [-0.2, 0) is 14.2 Å². The maximum Gasteiger partial charge on any atom is 0.338 e. The van der Waals surface area contributed by atoms with Crippen LogP contribution in [0.3, 0.4) is 0 Å². The second kappa shape index (κ2) is 6.46. The SMILES string of the molecule is Nc1ncnc2c1ncn2[C@@H]1CO[C@@H](COC(=O)c2ccccc2)O1. The number of ether oxygens (including phenoxy) is 3. The minimum absolute atomic E-state index is 0.00597. The highest BCUT2D eigenvalue weighted by atomic mass is 16.7. The first kappa shape index (κ1) is 15.5. The van der Waals surface area contributed by atoms with Gasteiger partial charge in [-0.05, 0) is 12.1 Å². The van der Waals surface area contributed by atoms with Crippen molar-refractivity contribution in [3.8, 4) is 0 Å². The minimum Gasteiger partial charge on any atom is -0.457 e. The Morgan fingerprint density at radius 2 is 2.12 bits per heavy atom.